The fourth-order valence-corrected chi connectivity index (χ4v) is 6.71. The highest BCUT2D eigenvalue weighted by atomic mass is 15.2. The van der Waals surface area contributed by atoms with Gasteiger partial charge in [0.15, 0.2) is 11.6 Å². The number of benzene rings is 7. The van der Waals surface area contributed by atoms with Crippen molar-refractivity contribution in [2.45, 2.75) is 0 Å². The Morgan fingerprint density at radius 3 is 1.35 bits per heavy atom. The average Bonchev–Trinajstić information content (AvgIpc) is 3.53. The summed E-state index contributed by atoms with van der Waals surface area (Å²) in [5.74, 6) is 1.84. The van der Waals surface area contributed by atoms with Gasteiger partial charge in [0.1, 0.15) is 0 Å². The zero-order valence-corrected chi connectivity index (χ0v) is 26.6. The summed E-state index contributed by atoms with van der Waals surface area (Å²) in [6.45, 7) is 0. The number of aromatic nitrogens is 4. The molecule has 49 heavy (non-hydrogen) atoms. The highest BCUT2D eigenvalue weighted by Gasteiger charge is 2.21. The SMILES string of the molecule is c1ccc(-c2ccc(-c3cc(-c4ccccc4)c4c5ccccc5n(-c5nc(-c6ccccc6)nc(-c6ccccc6)n5)c4c3)cc2)cc1. The first kappa shape index (κ1) is 28.6. The predicted molar refractivity (Wildman–Crippen MR) is 201 cm³/mol. The van der Waals surface area contributed by atoms with E-state index >= 15 is 0 Å². The van der Waals surface area contributed by atoms with Gasteiger partial charge in [-0.1, -0.05) is 164 Å². The normalized spacial score (nSPS) is 11.3. The molecule has 0 radical (unpaired) electrons. The highest BCUT2D eigenvalue weighted by Crippen LogP contribution is 2.41. The second-order valence-corrected chi connectivity index (χ2v) is 12.1. The number of rotatable bonds is 6. The lowest BCUT2D eigenvalue weighted by atomic mass is 9.93. The molecular weight excluding hydrogens is 597 g/mol. The van der Waals surface area contributed by atoms with Crippen LogP contribution in [0, 0.1) is 0 Å². The van der Waals surface area contributed by atoms with Gasteiger partial charge in [-0.3, -0.25) is 4.57 Å². The number of hydrogen-bond acceptors (Lipinski definition) is 3. The molecule has 0 spiro atoms. The van der Waals surface area contributed by atoms with Crippen LogP contribution in [0.2, 0.25) is 0 Å². The van der Waals surface area contributed by atoms with Gasteiger partial charge in [-0.25, -0.2) is 4.98 Å². The highest BCUT2D eigenvalue weighted by molar-refractivity contribution is 6.16. The van der Waals surface area contributed by atoms with E-state index in [-0.39, 0.29) is 0 Å². The van der Waals surface area contributed by atoms with Crippen LogP contribution in [0.5, 0.6) is 0 Å². The number of para-hydroxylation sites is 1. The summed E-state index contributed by atoms with van der Waals surface area (Å²) < 4.78 is 2.21. The van der Waals surface area contributed by atoms with Gasteiger partial charge < -0.3 is 0 Å². The maximum absolute atomic E-state index is 5.16. The third-order valence-electron chi connectivity index (χ3n) is 9.07. The van der Waals surface area contributed by atoms with Crippen LogP contribution in [0.1, 0.15) is 0 Å². The standard InChI is InChI=1S/C45H30N4/c1-5-15-31(16-6-1)32-25-27-33(28-26-32)37-29-39(34-17-7-2-8-18-34)42-38-23-13-14-24-40(38)49(41(42)30-37)45-47-43(35-19-9-3-10-20-35)46-44(48-45)36-21-11-4-12-22-36/h1-30H. The first-order chi connectivity index (χ1) is 24.3. The number of nitrogens with zero attached hydrogens (tertiary/aromatic N) is 4. The van der Waals surface area contributed by atoms with Crippen molar-refractivity contribution < 1.29 is 0 Å². The molecule has 9 aromatic rings. The molecule has 0 bridgehead atoms. The van der Waals surface area contributed by atoms with Crippen LogP contribution >= 0.6 is 0 Å². The van der Waals surface area contributed by atoms with Crippen LogP contribution in [0.15, 0.2) is 182 Å². The molecule has 2 heterocycles. The molecule has 7 aromatic carbocycles. The summed E-state index contributed by atoms with van der Waals surface area (Å²) in [4.78, 5) is 15.3. The van der Waals surface area contributed by atoms with Crippen LogP contribution in [-0.4, -0.2) is 19.5 Å². The molecular formula is C45H30N4. The Bertz CT molecular complexity index is 2500. The zero-order chi connectivity index (χ0) is 32.6. The largest absolute Gasteiger partial charge is 0.278 e. The monoisotopic (exact) mass is 626 g/mol. The minimum Gasteiger partial charge on any atom is -0.278 e. The summed E-state index contributed by atoms with van der Waals surface area (Å²) >= 11 is 0. The molecule has 0 saturated carbocycles. The lowest BCUT2D eigenvalue weighted by Crippen LogP contribution is -2.06. The quantitative estimate of drug-likeness (QED) is 0.184. The Hall–Kier alpha value is -6.65. The van der Waals surface area contributed by atoms with E-state index in [0.29, 0.717) is 17.6 Å². The molecule has 4 heteroatoms. The predicted octanol–water partition coefficient (Wildman–Crippen LogP) is 11.3. The lowest BCUT2D eigenvalue weighted by Gasteiger charge is -2.13. The van der Waals surface area contributed by atoms with Crippen molar-refractivity contribution in [2.75, 3.05) is 0 Å². The van der Waals surface area contributed by atoms with E-state index in [4.69, 9.17) is 15.0 Å². The average molecular weight is 627 g/mol. The minimum atomic E-state index is 0.578. The van der Waals surface area contributed by atoms with Gasteiger partial charge in [0.05, 0.1) is 11.0 Å². The summed E-state index contributed by atoms with van der Waals surface area (Å²) in [6.07, 6.45) is 0. The molecule has 0 aliphatic heterocycles. The summed E-state index contributed by atoms with van der Waals surface area (Å²) in [5, 5.41) is 2.31. The summed E-state index contributed by atoms with van der Waals surface area (Å²) in [6, 6.07) is 63.4. The van der Waals surface area contributed by atoms with Crippen LogP contribution < -0.4 is 0 Å². The van der Waals surface area contributed by atoms with E-state index in [1.807, 2.05) is 60.7 Å². The fourth-order valence-electron chi connectivity index (χ4n) is 6.71. The van der Waals surface area contributed by atoms with E-state index < -0.39 is 0 Å². The van der Waals surface area contributed by atoms with Gasteiger partial charge >= 0.3 is 0 Å². The fraction of sp³-hybridized carbons (Fsp3) is 0. The van der Waals surface area contributed by atoms with Crippen LogP contribution in [0.4, 0.5) is 0 Å². The van der Waals surface area contributed by atoms with Gasteiger partial charge in [-0.2, -0.15) is 9.97 Å². The zero-order valence-electron chi connectivity index (χ0n) is 26.6. The Morgan fingerprint density at radius 1 is 0.327 bits per heavy atom. The number of fused-ring (bicyclic) bond motifs is 3. The molecule has 0 fully saturated rings. The Balaban J connectivity index is 1.34. The first-order valence-electron chi connectivity index (χ1n) is 16.5. The van der Waals surface area contributed by atoms with Crippen molar-refractivity contribution in [2.24, 2.45) is 0 Å². The maximum atomic E-state index is 5.16. The van der Waals surface area contributed by atoms with Gasteiger partial charge in [-0.05, 0) is 51.6 Å². The van der Waals surface area contributed by atoms with Crippen molar-refractivity contribution in [3.8, 4) is 62.1 Å². The summed E-state index contributed by atoms with van der Waals surface area (Å²) in [7, 11) is 0. The van der Waals surface area contributed by atoms with Crippen molar-refractivity contribution in [1.29, 1.82) is 0 Å². The van der Waals surface area contributed by atoms with Crippen molar-refractivity contribution in [3.05, 3.63) is 182 Å². The van der Waals surface area contributed by atoms with E-state index in [2.05, 4.69) is 126 Å². The molecule has 9 rings (SSSR count). The van der Waals surface area contributed by atoms with E-state index in [0.717, 1.165) is 55.2 Å². The molecule has 2 aromatic heterocycles. The van der Waals surface area contributed by atoms with Crippen molar-refractivity contribution in [1.82, 2.24) is 19.5 Å². The smallest absolute Gasteiger partial charge is 0.238 e. The molecule has 0 unspecified atom stereocenters. The van der Waals surface area contributed by atoms with Crippen molar-refractivity contribution in [3.63, 3.8) is 0 Å². The topological polar surface area (TPSA) is 43.6 Å². The van der Waals surface area contributed by atoms with Gasteiger partial charge in [-0.15, -0.1) is 0 Å². The molecule has 0 saturated heterocycles. The Morgan fingerprint density at radius 2 is 0.776 bits per heavy atom. The van der Waals surface area contributed by atoms with E-state index in [9.17, 15) is 0 Å². The third kappa shape index (κ3) is 5.26. The van der Waals surface area contributed by atoms with E-state index in [1.165, 1.54) is 11.1 Å². The van der Waals surface area contributed by atoms with Crippen LogP contribution in [0.25, 0.3) is 83.9 Å². The summed E-state index contributed by atoms with van der Waals surface area (Å²) in [5.41, 5.74) is 10.9. The molecule has 0 amide bonds. The molecule has 230 valence electrons. The van der Waals surface area contributed by atoms with E-state index in [1.54, 1.807) is 0 Å². The van der Waals surface area contributed by atoms with Gasteiger partial charge in [0.25, 0.3) is 0 Å². The third-order valence-corrected chi connectivity index (χ3v) is 9.07. The molecule has 0 N–H and O–H groups in total. The maximum Gasteiger partial charge on any atom is 0.238 e. The molecule has 0 aliphatic rings. The molecule has 4 nitrogen and oxygen atoms in total. The van der Waals surface area contributed by atoms with Crippen LogP contribution in [-0.2, 0) is 0 Å². The molecule has 0 atom stereocenters. The van der Waals surface area contributed by atoms with Gasteiger partial charge in [0.2, 0.25) is 5.95 Å². The lowest BCUT2D eigenvalue weighted by molar-refractivity contribution is 0.953. The second kappa shape index (κ2) is 12.2. The first-order valence-corrected chi connectivity index (χ1v) is 16.5. The Labute approximate surface area is 284 Å². The minimum absolute atomic E-state index is 0.578. The second-order valence-electron chi connectivity index (χ2n) is 12.1. The number of hydrogen-bond donors (Lipinski definition) is 0. The van der Waals surface area contributed by atoms with Crippen LogP contribution in [0.3, 0.4) is 0 Å². The molecule has 0 aliphatic carbocycles. The Kier molecular flexibility index (Phi) is 7.10. The van der Waals surface area contributed by atoms with Crippen molar-refractivity contribution >= 4 is 21.8 Å². The van der Waals surface area contributed by atoms with Gasteiger partial charge in [0, 0.05) is 21.9 Å².